The standard InChI is InChI=1S/C22H15BrF3N5O2/c23-17-3-1-14(9-16(17)22(24,25)26)30-21-29-10-13-8-15(2-4-18(13)31-21)33-11-12-5-6-28-19(7-12)20(27)32/h1-10H,11H2,(H2,27,32)(H,29,30,31). The van der Waals surface area contributed by atoms with Crippen LogP contribution in [0, 0.1) is 0 Å². The van der Waals surface area contributed by atoms with Crippen molar-refractivity contribution in [2.24, 2.45) is 5.73 Å². The summed E-state index contributed by atoms with van der Waals surface area (Å²) in [6.45, 7) is 0.194. The van der Waals surface area contributed by atoms with Crippen LogP contribution in [0.15, 0.2) is 65.4 Å². The van der Waals surface area contributed by atoms with Crippen molar-refractivity contribution in [2.75, 3.05) is 5.32 Å². The lowest BCUT2D eigenvalue weighted by Gasteiger charge is -2.12. The van der Waals surface area contributed by atoms with E-state index in [1.807, 2.05) is 0 Å². The van der Waals surface area contributed by atoms with Crippen molar-refractivity contribution >= 4 is 44.4 Å². The highest BCUT2D eigenvalue weighted by Crippen LogP contribution is 2.36. The molecule has 0 unspecified atom stereocenters. The summed E-state index contributed by atoms with van der Waals surface area (Å²) in [5, 5.41) is 3.47. The molecule has 0 saturated heterocycles. The van der Waals surface area contributed by atoms with E-state index in [0.717, 1.165) is 11.6 Å². The molecule has 0 spiro atoms. The van der Waals surface area contributed by atoms with E-state index in [2.05, 4.69) is 36.2 Å². The fourth-order valence-corrected chi connectivity index (χ4v) is 3.45. The zero-order valence-corrected chi connectivity index (χ0v) is 18.3. The van der Waals surface area contributed by atoms with Gasteiger partial charge < -0.3 is 15.8 Å². The Morgan fingerprint density at radius 2 is 1.91 bits per heavy atom. The molecule has 33 heavy (non-hydrogen) atoms. The first kappa shape index (κ1) is 22.5. The second-order valence-electron chi connectivity index (χ2n) is 6.93. The number of anilines is 2. The lowest BCUT2D eigenvalue weighted by molar-refractivity contribution is -0.138. The van der Waals surface area contributed by atoms with Crippen LogP contribution in [0.4, 0.5) is 24.8 Å². The summed E-state index contributed by atoms with van der Waals surface area (Å²) >= 11 is 2.91. The number of pyridine rings is 1. The number of halogens is 4. The van der Waals surface area contributed by atoms with Crippen LogP contribution in [-0.4, -0.2) is 20.9 Å². The Kier molecular flexibility index (Phi) is 6.14. The van der Waals surface area contributed by atoms with Crippen LogP contribution in [0.2, 0.25) is 0 Å². The quantitative estimate of drug-likeness (QED) is 0.363. The molecule has 2 heterocycles. The molecule has 0 aliphatic rings. The summed E-state index contributed by atoms with van der Waals surface area (Å²) in [6.07, 6.45) is -1.47. The highest BCUT2D eigenvalue weighted by Gasteiger charge is 2.33. The highest BCUT2D eigenvalue weighted by molar-refractivity contribution is 9.10. The first-order chi connectivity index (χ1) is 15.7. The van der Waals surface area contributed by atoms with Gasteiger partial charge in [0.2, 0.25) is 5.95 Å². The third kappa shape index (κ3) is 5.37. The first-order valence-corrected chi connectivity index (χ1v) is 10.3. The van der Waals surface area contributed by atoms with E-state index in [1.54, 1.807) is 36.5 Å². The van der Waals surface area contributed by atoms with E-state index < -0.39 is 17.6 Å². The Morgan fingerprint density at radius 1 is 1.09 bits per heavy atom. The number of ether oxygens (including phenoxy) is 1. The molecule has 4 aromatic rings. The molecular weight excluding hydrogens is 503 g/mol. The average molecular weight is 518 g/mol. The van der Waals surface area contributed by atoms with E-state index in [4.69, 9.17) is 10.5 Å². The number of hydrogen-bond acceptors (Lipinski definition) is 6. The third-order valence-corrected chi connectivity index (χ3v) is 5.25. The van der Waals surface area contributed by atoms with Gasteiger partial charge in [0.25, 0.3) is 5.91 Å². The summed E-state index contributed by atoms with van der Waals surface area (Å²) in [5.74, 6) is 0.0799. The molecule has 0 aliphatic carbocycles. The summed E-state index contributed by atoms with van der Waals surface area (Å²) in [6, 6.07) is 12.2. The van der Waals surface area contributed by atoms with Gasteiger partial charge in [-0.1, -0.05) is 15.9 Å². The minimum atomic E-state index is -4.49. The number of aromatic nitrogens is 3. The minimum absolute atomic E-state index is 0.0508. The van der Waals surface area contributed by atoms with Gasteiger partial charge in [-0.2, -0.15) is 13.2 Å². The van der Waals surface area contributed by atoms with E-state index >= 15 is 0 Å². The van der Waals surface area contributed by atoms with Gasteiger partial charge in [-0.15, -0.1) is 0 Å². The Balaban J connectivity index is 1.49. The molecule has 3 N–H and O–H groups in total. The maximum atomic E-state index is 13.1. The monoisotopic (exact) mass is 517 g/mol. The van der Waals surface area contributed by atoms with Crippen LogP contribution in [0.25, 0.3) is 10.9 Å². The van der Waals surface area contributed by atoms with Crippen molar-refractivity contribution in [3.8, 4) is 5.75 Å². The molecule has 0 saturated carbocycles. The number of primary amides is 1. The number of carbonyl (C=O) groups is 1. The predicted molar refractivity (Wildman–Crippen MR) is 119 cm³/mol. The van der Waals surface area contributed by atoms with Crippen molar-refractivity contribution in [3.05, 3.63) is 82.2 Å². The fraction of sp³-hybridized carbons (Fsp3) is 0.0909. The average Bonchev–Trinajstić information content (AvgIpc) is 2.78. The van der Waals surface area contributed by atoms with Gasteiger partial charge >= 0.3 is 6.18 Å². The van der Waals surface area contributed by atoms with Gasteiger partial charge in [0.1, 0.15) is 18.1 Å². The van der Waals surface area contributed by atoms with E-state index in [0.29, 0.717) is 16.7 Å². The Hall–Kier alpha value is -3.73. The number of fused-ring (bicyclic) bond motifs is 1. The van der Waals surface area contributed by atoms with Gasteiger partial charge in [-0.25, -0.2) is 9.97 Å². The number of alkyl halides is 3. The largest absolute Gasteiger partial charge is 0.489 e. The fourth-order valence-electron chi connectivity index (χ4n) is 2.98. The van der Waals surface area contributed by atoms with Crippen LogP contribution >= 0.6 is 15.9 Å². The second kappa shape index (κ2) is 9.02. The van der Waals surface area contributed by atoms with Crippen LogP contribution in [0.1, 0.15) is 21.6 Å². The molecule has 4 rings (SSSR count). The van der Waals surface area contributed by atoms with E-state index in [9.17, 15) is 18.0 Å². The molecule has 1 amide bonds. The molecule has 0 radical (unpaired) electrons. The topological polar surface area (TPSA) is 103 Å². The van der Waals surface area contributed by atoms with Crippen LogP contribution in [-0.2, 0) is 12.8 Å². The zero-order valence-electron chi connectivity index (χ0n) is 16.7. The molecule has 0 aliphatic heterocycles. The maximum absolute atomic E-state index is 13.1. The molecular formula is C22H15BrF3N5O2. The number of amides is 1. The number of nitrogens with two attached hydrogens (primary N) is 1. The van der Waals surface area contributed by atoms with Crippen molar-refractivity contribution < 1.29 is 22.7 Å². The smallest absolute Gasteiger partial charge is 0.417 e. The van der Waals surface area contributed by atoms with E-state index in [-0.39, 0.29) is 28.4 Å². The first-order valence-electron chi connectivity index (χ1n) is 9.47. The van der Waals surface area contributed by atoms with Crippen molar-refractivity contribution in [3.63, 3.8) is 0 Å². The van der Waals surface area contributed by atoms with Crippen LogP contribution < -0.4 is 15.8 Å². The molecule has 168 valence electrons. The minimum Gasteiger partial charge on any atom is -0.489 e. The summed E-state index contributed by atoms with van der Waals surface area (Å²) in [5.41, 5.74) is 6.09. The van der Waals surface area contributed by atoms with Gasteiger partial charge in [0, 0.05) is 27.9 Å². The van der Waals surface area contributed by atoms with Crippen molar-refractivity contribution in [2.45, 2.75) is 12.8 Å². The van der Waals surface area contributed by atoms with Crippen LogP contribution in [0.3, 0.4) is 0 Å². The number of nitrogens with one attached hydrogen (secondary N) is 1. The normalized spacial score (nSPS) is 11.4. The third-order valence-electron chi connectivity index (χ3n) is 4.56. The molecule has 0 fully saturated rings. The molecule has 0 atom stereocenters. The summed E-state index contributed by atoms with van der Waals surface area (Å²) < 4.78 is 45.1. The second-order valence-corrected chi connectivity index (χ2v) is 7.79. The van der Waals surface area contributed by atoms with Gasteiger partial charge in [0.15, 0.2) is 0 Å². The lowest BCUT2D eigenvalue weighted by Crippen LogP contribution is -2.13. The summed E-state index contributed by atoms with van der Waals surface area (Å²) in [7, 11) is 0. The lowest BCUT2D eigenvalue weighted by atomic mass is 10.2. The van der Waals surface area contributed by atoms with Crippen LogP contribution in [0.5, 0.6) is 5.75 Å². The maximum Gasteiger partial charge on any atom is 0.417 e. The molecule has 2 aromatic heterocycles. The SMILES string of the molecule is NC(=O)c1cc(COc2ccc3nc(Nc4ccc(Br)c(C(F)(F)F)c4)ncc3c2)ccn1. The highest BCUT2D eigenvalue weighted by atomic mass is 79.9. The number of hydrogen-bond donors (Lipinski definition) is 2. The summed E-state index contributed by atoms with van der Waals surface area (Å²) in [4.78, 5) is 23.6. The molecule has 0 bridgehead atoms. The molecule has 2 aromatic carbocycles. The van der Waals surface area contributed by atoms with Crippen molar-refractivity contribution in [1.82, 2.24) is 15.0 Å². The molecule has 7 nitrogen and oxygen atoms in total. The Morgan fingerprint density at radius 3 is 2.67 bits per heavy atom. The number of nitrogens with zero attached hydrogens (tertiary/aromatic N) is 3. The Bertz CT molecular complexity index is 1350. The van der Waals surface area contributed by atoms with Crippen molar-refractivity contribution in [1.29, 1.82) is 0 Å². The number of carbonyl (C=O) groups excluding carboxylic acids is 1. The Labute approximate surface area is 194 Å². The van der Waals surface area contributed by atoms with Gasteiger partial charge in [-0.3, -0.25) is 9.78 Å². The predicted octanol–water partition coefficient (Wildman–Crippen LogP) is 5.23. The van der Waals surface area contributed by atoms with Gasteiger partial charge in [-0.05, 0) is 54.1 Å². The zero-order chi connectivity index (χ0) is 23.6. The molecule has 11 heteroatoms. The van der Waals surface area contributed by atoms with Gasteiger partial charge in [0.05, 0.1) is 11.1 Å². The number of benzene rings is 2. The number of rotatable bonds is 6. The van der Waals surface area contributed by atoms with E-state index in [1.165, 1.54) is 18.3 Å².